The SMILES string of the molecule is C=CCN=C1NC(=O)C(CC(=O)Nc2ccc(OCCC)cc2)S1. The summed E-state index contributed by atoms with van der Waals surface area (Å²) in [5, 5.41) is 5.53. The van der Waals surface area contributed by atoms with Crippen molar-refractivity contribution in [3.63, 3.8) is 0 Å². The Morgan fingerprint density at radius 1 is 1.46 bits per heavy atom. The molecule has 1 fully saturated rings. The van der Waals surface area contributed by atoms with E-state index < -0.39 is 5.25 Å². The van der Waals surface area contributed by atoms with Crippen molar-refractivity contribution in [2.75, 3.05) is 18.5 Å². The van der Waals surface area contributed by atoms with Crippen molar-refractivity contribution in [1.29, 1.82) is 0 Å². The van der Waals surface area contributed by atoms with E-state index in [-0.39, 0.29) is 18.2 Å². The highest BCUT2D eigenvalue weighted by molar-refractivity contribution is 8.15. The molecule has 0 spiro atoms. The molecule has 1 atom stereocenters. The quantitative estimate of drug-likeness (QED) is 0.708. The highest BCUT2D eigenvalue weighted by Gasteiger charge is 2.31. The van der Waals surface area contributed by atoms with Gasteiger partial charge in [0.05, 0.1) is 13.2 Å². The zero-order valence-corrected chi connectivity index (χ0v) is 14.4. The lowest BCUT2D eigenvalue weighted by atomic mass is 10.2. The molecule has 1 aromatic carbocycles. The minimum absolute atomic E-state index is 0.0949. The molecule has 128 valence electrons. The molecule has 1 aliphatic heterocycles. The Hall–Kier alpha value is -2.28. The molecule has 6 nitrogen and oxygen atoms in total. The van der Waals surface area contributed by atoms with E-state index in [1.54, 1.807) is 18.2 Å². The average Bonchev–Trinajstić information content (AvgIpc) is 2.92. The van der Waals surface area contributed by atoms with Gasteiger partial charge in [0.15, 0.2) is 5.17 Å². The topological polar surface area (TPSA) is 79.8 Å². The van der Waals surface area contributed by atoms with E-state index in [4.69, 9.17) is 4.74 Å². The predicted octanol–water partition coefficient (Wildman–Crippen LogP) is 2.58. The van der Waals surface area contributed by atoms with E-state index in [1.807, 2.05) is 19.1 Å². The second-order valence-electron chi connectivity index (χ2n) is 5.16. The molecule has 0 saturated carbocycles. The van der Waals surface area contributed by atoms with Gasteiger partial charge in [0.1, 0.15) is 11.0 Å². The van der Waals surface area contributed by atoms with Gasteiger partial charge in [-0.25, -0.2) is 0 Å². The number of anilines is 1. The molecule has 0 radical (unpaired) electrons. The molecular formula is C17H21N3O3S. The van der Waals surface area contributed by atoms with Crippen LogP contribution in [0, 0.1) is 0 Å². The van der Waals surface area contributed by atoms with Gasteiger partial charge in [0.2, 0.25) is 11.8 Å². The lowest BCUT2D eigenvalue weighted by molar-refractivity contribution is -0.122. The molecule has 2 rings (SSSR count). The minimum Gasteiger partial charge on any atom is -0.494 e. The van der Waals surface area contributed by atoms with E-state index in [0.717, 1.165) is 12.2 Å². The normalized spacial score (nSPS) is 18.3. The van der Waals surface area contributed by atoms with Crippen LogP contribution in [0.2, 0.25) is 0 Å². The van der Waals surface area contributed by atoms with Crippen LogP contribution in [0.3, 0.4) is 0 Å². The van der Waals surface area contributed by atoms with Crippen molar-refractivity contribution in [2.24, 2.45) is 4.99 Å². The van der Waals surface area contributed by atoms with Crippen LogP contribution in [0.1, 0.15) is 19.8 Å². The summed E-state index contributed by atoms with van der Waals surface area (Å²) in [4.78, 5) is 28.1. The fraction of sp³-hybridized carbons (Fsp3) is 0.353. The van der Waals surface area contributed by atoms with Crippen molar-refractivity contribution >= 4 is 34.4 Å². The number of hydrogen-bond donors (Lipinski definition) is 2. The predicted molar refractivity (Wildman–Crippen MR) is 97.5 cm³/mol. The molecule has 1 aromatic rings. The number of aliphatic imine (C=N–C) groups is 1. The Labute approximate surface area is 145 Å². The number of rotatable bonds is 8. The molecule has 0 aliphatic carbocycles. The van der Waals surface area contributed by atoms with Gasteiger partial charge >= 0.3 is 0 Å². The summed E-state index contributed by atoms with van der Waals surface area (Å²) in [6.45, 7) is 6.72. The molecule has 1 saturated heterocycles. The second kappa shape index (κ2) is 9.12. The number of amides is 2. The number of carbonyl (C=O) groups is 2. The van der Waals surface area contributed by atoms with Crippen molar-refractivity contribution in [3.05, 3.63) is 36.9 Å². The zero-order chi connectivity index (χ0) is 17.4. The highest BCUT2D eigenvalue weighted by Crippen LogP contribution is 2.23. The Bertz CT molecular complexity index is 628. The molecule has 1 unspecified atom stereocenters. The van der Waals surface area contributed by atoms with Gasteiger partial charge in [-0.05, 0) is 30.7 Å². The van der Waals surface area contributed by atoms with Crippen LogP contribution in [-0.4, -0.2) is 35.4 Å². The van der Waals surface area contributed by atoms with Crippen LogP contribution in [0.15, 0.2) is 41.9 Å². The standard InChI is InChI=1S/C17H21N3O3S/c1-3-9-18-17-20-16(22)14(24-17)11-15(21)19-12-5-7-13(8-6-12)23-10-4-2/h3,5-8,14H,1,4,9-11H2,2H3,(H,19,21)(H,18,20,22). The molecular weight excluding hydrogens is 326 g/mol. The maximum absolute atomic E-state index is 12.1. The molecule has 24 heavy (non-hydrogen) atoms. The van der Waals surface area contributed by atoms with Crippen LogP contribution in [0.4, 0.5) is 5.69 Å². The number of ether oxygens (including phenoxy) is 1. The number of carbonyl (C=O) groups excluding carboxylic acids is 2. The number of nitrogens with one attached hydrogen (secondary N) is 2. The summed E-state index contributed by atoms with van der Waals surface area (Å²) in [5.74, 6) is 0.361. The number of hydrogen-bond acceptors (Lipinski definition) is 5. The summed E-state index contributed by atoms with van der Waals surface area (Å²) in [5.41, 5.74) is 0.674. The summed E-state index contributed by atoms with van der Waals surface area (Å²) < 4.78 is 5.49. The number of thioether (sulfide) groups is 1. The van der Waals surface area contributed by atoms with Crippen LogP contribution in [0.25, 0.3) is 0 Å². The maximum Gasteiger partial charge on any atom is 0.240 e. The van der Waals surface area contributed by atoms with Crippen LogP contribution >= 0.6 is 11.8 Å². The Kier molecular flexibility index (Phi) is 6.87. The lowest BCUT2D eigenvalue weighted by Gasteiger charge is -2.09. The van der Waals surface area contributed by atoms with Gasteiger partial charge in [-0.1, -0.05) is 24.8 Å². The van der Waals surface area contributed by atoms with Gasteiger partial charge in [0.25, 0.3) is 0 Å². The van der Waals surface area contributed by atoms with E-state index >= 15 is 0 Å². The first-order valence-electron chi connectivity index (χ1n) is 7.78. The third-order valence-electron chi connectivity index (χ3n) is 3.12. The largest absolute Gasteiger partial charge is 0.494 e. The second-order valence-corrected chi connectivity index (χ2v) is 6.35. The van der Waals surface area contributed by atoms with Gasteiger partial charge in [0, 0.05) is 12.1 Å². The minimum atomic E-state index is -0.458. The van der Waals surface area contributed by atoms with Gasteiger partial charge in [-0.3, -0.25) is 14.6 Å². The molecule has 1 aliphatic rings. The van der Waals surface area contributed by atoms with Crippen molar-refractivity contribution in [2.45, 2.75) is 25.0 Å². The van der Waals surface area contributed by atoms with E-state index in [9.17, 15) is 9.59 Å². The smallest absolute Gasteiger partial charge is 0.240 e. The highest BCUT2D eigenvalue weighted by atomic mass is 32.2. The third-order valence-corrected chi connectivity index (χ3v) is 4.24. The van der Waals surface area contributed by atoms with Crippen molar-refractivity contribution in [3.8, 4) is 5.75 Å². The average molecular weight is 347 g/mol. The molecule has 0 aromatic heterocycles. The number of amidine groups is 1. The van der Waals surface area contributed by atoms with Crippen LogP contribution in [-0.2, 0) is 9.59 Å². The molecule has 1 heterocycles. The van der Waals surface area contributed by atoms with Crippen molar-refractivity contribution in [1.82, 2.24) is 5.32 Å². The van der Waals surface area contributed by atoms with Crippen LogP contribution in [0.5, 0.6) is 5.75 Å². The maximum atomic E-state index is 12.1. The van der Waals surface area contributed by atoms with Gasteiger partial charge in [-0.15, -0.1) is 6.58 Å². The summed E-state index contributed by atoms with van der Waals surface area (Å²) >= 11 is 1.27. The lowest BCUT2D eigenvalue weighted by Crippen LogP contribution is -2.28. The zero-order valence-electron chi connectivity index (χ0n) is 13.6. The summed E-state index contributed by atoms with van der Waals surface area (Å²) in [6, 6.07) is 7.17. The van der Waals surface area contributed by atoms with Gasteiger partial charge in [-0.2, -0.15) is 0 Å². The number of nitrogens with zero attached hydrogens (tertiary/aromatic N) is 1. The Balaban J connectivity index is 1.84. The van der Waals surface area contributed by atoms with Crippen molar-refractivity contribution < 1.29 is 14.3 Å². The van der Waals surface area contributed by atoms with E-state index in [1.165, 1.54) is 11.8 Å². The third kappa shape index (κ3) is 5.42. The Morgan fingerprint density at radius 2 is 2.21 bits per heavy atom. The monoisotopic (exact) mass is 347 g/mol. The first-order valence-corrected chi connectivity index (χ1v) is 8.66. The van der Waals surface area contributed by atoms with Gasteiger partial charge < -0.3 is 15.4 Å². The molecule has 7 heteroatoms. The molecule has 0 bridgehead atoms. The molecule has 2 amide bonds. The summed E-state index contributed by atoms with van der Waals surface area (Å²) in [7, 11) is 0. The Morgan fingerprint density at radius 3 is 2.88 bits per heavy atom. The first-order chi connectivity index (χ1) is 11.6. The van der Waals surface area contributed by atoms with E-state index in [2.05, 4.69) is 22.2 Å². The van der Waals surface area contributed by atoms with E-state index in [0.29, 0.717) is 24.0 Å². The molecule has 2 N–H and O–H groups in total. The fourth-order valence-corrected chi connectivity index (χ4v) is 2.98. The fourth-order valence-electron chi connectivity index (χ4n) is 2.00. The first kappa shape index (κ1) is 18.1. The summed E-state index contributed by atoms with van der Waals surface area (Å²) in [6.07, 6.45) is 2.68. The number of benzene rings is 1. The van der Waals surface area contributed by atoms with Crippen LogP contribution < -0.4 is 15.4 Å².